The lowest BCUT2D eigenvalue weighted by atomic mass is 10.1. The average molecular weight is 255 g/mol. The maximum Gasteiger partial charge on any atom is 0.308 e. The molecule has 1 N–H and O–H groups in total. The lowest BCUT2D eigenvalue weighted by molar-refractivity contribution is -0.141. The van der Waals surface area contributed by atoms with Gasteiger partial charge in [-0.25, -0.2) is 0 Å². The molecule has 0 aliphatic carbocycles. The summed E-state index contributed by atoms with van der Waals surface area (Å²) in [7, 11) is 0. The van der Waals surface area contributed by atoms with Gasteiger partial charge in [0.2, 0.25) is 5.91 Å². The summed E-state index contributed by atoms with van der Waals surface area (Å²) in [6.45, 7) is 0.580. The number of carboxylic acid groups (broad SMARTS) is 1. The Balaban J connectivity index is 2.08. The highest BCUT2D eigenvalue weighted by atomic mass is 35.5. The van der Waals surface area contributed by atoms with Crippen LogP contribution in [0.25, 0.3) is 0 Å². The van der Waals surface area contributed by atoms with Gasteiger partial charge in [0.15, 0.2) is 0 Å². The molecule has 2 heterocycles. The van der Waals surface area contributed by atoms with Gasteiger partial charge in [-0.15, -0.1) is 0 Å². The van der Waals surface area contributed by atoms with Crippen molar-refractivity contribution < 1.29 is 14.7 Å². The maximum absolute atomic E-state index is 11.6. The lowest BCUT2D eigenvalue weighted by Crippen LogP contribution is -2.25. The molecule has 17 heavy (non-hydrogen) atoms. The zero-order valence-electron chi connectivity index (χ0n) is 8.97. The molecule has 0 spiro atoms. The number of rotatable bonds is 3. The zero-order valence-corrected chi connectivity index (χ0v) is 9.72. The van der Waals surface area contributed by atoms with Crippen LogP contribution in [0.5, 0.6) is 0 Å². The highest BCUT2D eigenvalue weighted by Crippen LogP contribution is 2.22. The third-order valence-corrected chi connectivity index (χ3v) is 3.12. The van der Waals surface area contributed by atoms with Crippen molar-refractivity contribution in [2.24, 2.45) is 5.92 Å². The Kier molecular flexibility index (Phi) is 3.28. The summed E-state index contributed by atoms with van der Waals surface area (Å²) in [6, 6.07) is 1.73. The number of aliphatic carboxylic acids is 1. The molecular formula is C11H11ClN2O3. The highest BCUT2D eigenvalue weighted by Gasteiger charge is 2.34. The van der Waals surface area contributed by atoms with E-state index in [2.05, 4.69) is 4.98 Å². The van der Waals surface area contributed by atoms with E-state index >= 15 is 0 Å². The van der Waals surface area contributed by atoms with Crippen molar-refractivity contribution in [2.75, 3.05) is 6.54 Å². The van der Waals surface area contributed by atoms with Gasteiger partial charge in [0.05, 0.1) is 10.9 Å². The summed E-state index contributed by atoms with van der Waals surface area (Å²) < 4.78 is 0. The Labute approximate surface area is 103 Å². The summed E-state index contributed by atoms with van der Waals surface area (Å²) in [4.78, 5) is 27.8. The van der Waals surface area contributed by atoms with Gasteiger partial charge < -0.3 is 10.0 Å². The van der Waals surface area contributed by atoms with Gasteiger partial charge in [0.25, 0.3) is 0 Å². The third kappa shape index (κ3) is 2.55. The summed E-state index contributed by atoms with van der Waals surface area (Å²) in [5.41, 5.74) is 0.779. The number of amides is 1. The smallest absolute Gasteiger partial charge is 0.308 e. The molecule has 1 aliphatic heterocycles. The molecule has 1 fully saturated rings. The minimum atomic E-state index is -0.929. The van der Waals surface area contributed by atoms with Gasteiger partial charge in [0, 0.05) is 31.9 Å². The number of halogens is 1. The van der Waals surface area contributed by atoms with Crippen molar-refractivity contribution in [3.05, 3.63) is 29.0 Å². The van der Waals surface area contributed by atoms with Crippen LogP contribution in [0.3, 0.4) is 0 Å². The molecule has 1 aliphatic rings. The molecule has 90 valence electrons. The molecule has 1 unspecified atom stereocenters. The van der Waals surface area contributed by atoms with E-state index in [1.54, 1.807) is 12.3 Å². The van der Waals surface area contributed by atoms with Crippen LogP contribution in [-0.4, -0.2) is 33.4 Å². The minimum Gasteiger partial charge on any atom is -0.481 e. The molecule has 1 aromatic rings. The number of carboxylic acids is 1. The summed E-state index contributed by atoms with van der Waals surface area (Å²) in [5, 5.41) is 9.34. The number of pyridine rings is 1. The van der Waals surface area contributed by atoms with E-state index < -0.39 is 11.9 Å². The second kappa shape index (κ2) is 4.71. The Hall–Kier alpha value is -1.62. The normalized spacial score (nSPS) is 19.7. The largest absolute Gasteiger partial charge is 0.481 e. The number of aromatic nitrogens is 1. The van der Waals surface area contributed by atoms with Gasteiger partial charge in [-0.3, -0.25) is 14.6 Å². The van der Waals surface area contributed by atoms with E-state index in [1.807, 2.05) is 0 Å². The fraction of sp³-hybridized carbons (Fsp3) is 0.364. The molecular weight excluding hydrogens is 244 g/mol. The molecule has 6 heteroatoms. The number of carbonyl (C=O) groups is 2. The van der Waals surface area contributed by atoms with Crippen LogP contribution < -0.4 is 0 Å². The number of hydrogen-bond donors (Lipinski definition) is 1. The highest BCUT2D eigenvalue weighted by molar-refractivity contribution is 6.31. The Morgan fingerprint density at radius 2 is 2.41 bits per heavy atom. The summed E-state index contributed by atoms with van der Waals surface area (Å²) in [6.07, 6.45) is 3.17. The van der Waals surface area contributed by atoms with Gasteiger partial charge in [0.1, 0.15) is 0 Å². The average Bonchev–Trinajstić information content (AvgIpc) is 2.64. The zero-order chi connectivity index (χ0) is 12.4. The Morgan fingerprint density at radius 1 is 1.65 bits per heavy atom. The second-order valence-corrected chi connectivity index (χ2v) is 4.39. The molecule has 0 saturated carbocycles. The van der Waals surface area contributed by atoms with E-state index in [-0.39, 0.29) is 18.9 Å². The van der Waals surface area contributed by atoms with Crippen molar-refractivity contribution >= 4 is 23.5 Å². The van der Waals surface area contributed by atoms with Gasteiger partial charge >= 0.3 is 5.97 Å². The number of carbonyl (C=O) groups excluding carboxylic acids is 1. The van der Waals surface area contributed by atoms with E-state index in [0.717, 1.165) is 5.56 Å². The molecule has 2 rings (SSSR count). The van der Waals surface area contributed by atoms with Crippen molar-refractivity contribution in [1.29, 1.82) is 0 Å². The molecule has 0 bridgehead atoms. The fourth-order valence-electron chi connectivity index (χ4n) is 1.83. The molecule has 1 aromatic heterocycles. The third-order valence-electron chi connectivity index (χ3n) is 2.78. The predicted octanol–water partition coefficient (Wildman–Crippen LogP) is 1.17. The van der Waals surface area contributed by atoms with Crippen LogP contribution in [0, 0.1) is 5.92 Å². The maximum atomic E-state index is 11.6. The first-order valence-corrected chi connectivity index (χ1v) is 5.54. The van der Waals surface area contributed by atoms with Crippen molar-refractivity contribution in [3.8, 4) is 0 Å². The van der Waals surface area contributed by atoms with Crippen molar-refractivity contribution in [3.63, 3.8) is 0 Å². The van der Waals surface area contributed by atoms with Crippen LogP contribution in [0.2, 0.25) is 5.02 Å². The van der Waals surface area contributed by atoms with Gasteiger partial charge in [-0.05, 0) is 11.6 Å². The van der Waals surface area contributed by atoms with Crippen LogP contribution in [0.15, 0.2) is 18.5 Å². The van der Waals surface area contributed by atoms with Crippen LogP contribution in [-0.2, 0) is 16.1 Å². The quantitative estimate of drug-likeness (QED) is 0.879. The lowest BCUT2D eigenvalue weighted by Gasteiger charge is -2.16. The monoisotopic (exact) mass is 254 g/mol. The van der Waals surface area contributed by atoms with Crippen LogP contribution in [0.4, 0.5) is 0 Å². The molecule has 1 atom stereocenters. The van der Waals surface area contributed by atoms with E-state index in [4.69, 9.17) is 16.7 Å². The van der Waals surface area contributed by atoms with E-state index in [0.29, 0.717) is 11.6 Å². The SMILES string of the molecule is O=C(O)C1CC(=O)N(Cc2ccncc2Cl)C1. The first-order valence-electron chi connectivity index (χ1n) is 5.17. The van der Waals surface area contributed by atoms with Crippen LogP contribution >= 0.6 is 11.6 Å². The first-order chi connectivity index (χ1) is 8.08. The van der Waals surface area contributed by atoms with Gasteiger partial charge in [-0.2, -0.15) is 0 Å². The standard InChI is InChI=1S/C11H11ClN2O3/c12-9-4-13-2-1-7(9)5-14-6-8(11(16)17)3-10(14)15/h1-2,4,8H,3,5-6H2,(H,16,17). The van der Waals surface area contributed by atoms with Crippen LogP contribution in [0.1, 0.15) is 12.0 Å². The molecule has 1 amide bonds. The topological polar surface area (TPSA) is 70.5 Å². The number of likely N-dealkylation sites (tertiary alicyclic amines) is 1. The predicted molar refractivity (Wildman–Crippen MR) is 60.4 cm³/mol. The van der Waals surface area contributed by atoms with E-state index in [1.165, 1.54) is 11.1 Å². The number of hydrogen-bond acceptors (Lipinski definition) is 3. The summed E-state index contributed by atoms with van der Waals surface area (Å²) >= 11 is 5.93. The van der Waals surface area contributed by atoms with E-state index in [9.17, 15) is 9.59 Å². The van der Waals surface area contributed by atoms with Gasteiger partial charge in [-0.1, -0.05) is 11.6 Å². The van der Waals surface area contributed by atoms with Crippen molar-refractivity contribution in [2.45, 2.75) is 13.0 Å². The molecule has 5 nitrogen and oxygen atoms in total. The number of nitrogens with zero attached hydrogens (tertiary/aromatic N) is 2. The molecule has 0 aromatic carbocycles. The fourth-order valence-corrected chi connectivity index (χ4v) is 2.01. The Bertz CT molecular complexity index is 464. The first kappa shape index (κ1) is 11.9. The van der Waals surface area contributed by atoms with Crippen molar-refractivity contribution in [1.82, 2.24) is 9.88 Å². The Morgan fingerprint density at radius 3 is 3.00 bits per heavy atom. The second-order valence-electron chi connectivity index (χ2n) is 3.98. The molecule has 1 saturated heterocycles. The molecule has 0 radical (unpaired) electrons. The summed E-state index contributed by atoms with van der Waals surface area (Å²) in [5.74, 6) is -1.69. The minimum absolute atomic E-state index is 0.0675.